The Morgan fingerprint density at radius 2 is 2.25 bits per heavy atom. The highest BCUT2D eigenvalue weighted by atomic mass is 79.9. The quantitative estimate of drug-likeness (QED) is 0.916. The van der Waals surface area contributed by atoms with Gasteiger partial charge in [0, 0.05) is 23.8 Å². The lowest BCUT2D eigenvalue weighted by molar-refractivity contribution is 0.271. The summed E-state index contributed by atoms with van der Waals surface area (Å²) < 4.78 is 3.23. The predicted molar refractivity (Wildman–Crippen MR) is 87.2 cm³/mol. The molecule has 2 N–H and O–H groups in total. The fraction of sp³-hybridized carbons (Fsp3) is 0.500. The van der Waals surface area contributed by atoms with E-state index in [2.05, 4.69) is 43.3 Å². The van der Waals surface area contributed by atoms with Gasteiger partial charge in [-0.15, -0.1) is 12.4 Å². The number of pyridine rings is 1. The van der Waals surface area contributed by atoms with Gasteiger partial charge in [0.2, 0.25) is 0 Å². The maximum absolute atomic E-state index is 5.86. The number of likely N-dealkylation sites (tertiary alicyclic amines) is 1. The maximum Gasteiger partial charge on any atom is 0.136 e. The molecule has 1 unspecified atom stereocenters. The van der Waals surface area contributed by atoms with Gasteiger partial charge in [-0.2, -0.15) is 0 Å². The average molecular weight is 360 g/mol. The molecule has 1 fully saturated rings. The molecule has 1 atom stereocenters. The van der Waals surface area contributed by atoms with Gasteiger partial charge < -0.3 is 10.1 Å². The van der Waals surface area contributed by atoms with Crippen LogP contribution in [0, 0.1) is 5.41 Å². The lowest BCUT2D eigenvalue weighted by Gasteiger charge is -2.22. The molecule has 3 rings (SSSR count). The summed E-state index contributed by atoms with van der Waals surface area (Å²) in [5.41, 5.74) is 8.38. The van der Waals surface area contributed by atoms with Crippen molar-refractivity contribution in [3.05, 3.63) is 34.7 Å². The molecule has 0 saturated carbocycles. The van der Waals surface area contributed by atoms with Crippen LogP contribution in [0.1, 0.15) is 19.0 Å². The van der Waals surface area contributed by atoms with E-state index in [4.69, 9.17) is 5.73 Å². The van der Waals surface area contributed by atoms with Crippen molar-refractivity contribution in [3.63, 3.8) is 0 Å². The first-order valence-corrected chi connectivity index (χ1v) is 7.43. The number of rotatable bonds is 3. The smallest absolute Gasteiger partial charge is 0.136 e. The van der Waals surface area contributed by atoms with Gasteiger partial charge in [-0.05, 0) is 53.0 Å². The molecule has 2 aromatic rings. The minimum atomic E-state index is 0. The average Bonchev–Trinajstić information content (AvgIpc) is 2.96. The zero-order valence-corrected chi connectivity index (χ0v) is 14.0. The van der Waals surface area contributed by atoms with Gasteiger partial charge in [0.1, 0.15) is 5.65 Å². The van der Waals surface area contributed by atoms with Crippen LogP contribution >= 0.6 is 28.3 Å². The summed E-state index contributed by atoms with van der Waals surface area (Å²) in [7, 11) is 0. The first kappa shape index (κ1) is 15.8. The largest absolute Gasteiger partial charge is 0.330 e. The van der Waals surface area contributed by atoms with Crippen LogP contribution in [-0.4, -0.2) is 33.9 Å². The highest BCUT2D eigenvalue weighted by Gasteiger charge is 2.32. The van der Waals surface area contributed by atoms with Gasteiger partial charge >= 0.3 is 0 Å². The second kappa shape index (κ2) is 6.02. The van der Waals surface area contributed by atoms with E-state index in [1.807, 2.05) is 18.3 Å². The molecule has 3 heterocycles. The molecule has 6 heteroatoms. The fourth-order valence-electron chi connectivity index (χ4n) is 2.78. The zero-order valence-electron chi connectivity index (χ0n) is 11.6. The van der Waals surface area contributed by atoms with E-state index in [-0.39, 0.29) is 17.8 Å². The van der Waals surface area contributed by atoms with Crippen molar-refractivity contribution < 1.29 is 0 Å². The van der Waals surface area contributed by atoms with E-state index in [0.29, 0.717) is 0 Å². The Bertz CT molecular complexity index is 600. The third-order valence-electron chi connectivity index (χ3n) is 4.06. The third kappa shape index (κ3) is 3.01. The highest BCUT2D eigenvalue weighted by molar-refractivity contribution is 9.10. The van der Waals surface area contributed by atoms with Gasteiger partial charge in [0.25, 0.3) is 0 Å². The number of fused-ring (bicyclic) bond motifs is 1. The molecule has 4 nitrogen and oxygen atoms in total. The molecule has 0 aliphatic carbocycles. The Hall–Kier alpha value is -0.620. The van der Waals surface area contributed by atoms with Crippen molar-refractivity contribution >= 4 is 34.0 Å². The van der Waals surface area contributed by atoms with E-state index >= 15 is 0 Å². The predicted octanol–water partition coefficient (Wildman–Crippen LogP) is 2.69. The minimum absolute atomic E-state index is 0. The van der Waals surface area contributed by atoms with Crippen LogP contribution in [-0.2, 0) is 6.54 Å². The van der Waals surface area contributed by atoms with Gasteiger partial charge in [0.15, 0.2) is 0 Å². The second-order valence-corrected chi connectivity index (χ2v) is 6.72. The molecule has 2 aromatic heterocycles. The Morgan fingerprint density at radius 1 is 1.45 bits per heavy atom. The van der Waals surface area contributed by atoms with Crippen LogP contribution < -0.4 is 5.73 Å². The topological polar surface area (TPSA) is 46.6 Å². The summed E-state index contributed by atoms with van der Waals surface area (Å²) in [6, 6.07) is 4.05. The molecule has 1 saturated heterocycles. The SMILES string of the molecule is CC1(CN)CCN(Cc2cnc3ccc(Br)cn23)C1.Cl. The number of hydrogen-bond donors (Lipinski definition) is 1. The van der Waals surface area contributed by atoms with E-state index in [1.165, 1.54) is 12.1 Å². The molecule has 20 heavy (non-hydrogen) atoms. The molecule has 0 aromatic carbocycles. The van der Waals surface area contributed by atoms with Crippen LogP contribution in [0.2, 0.25) is 0 Å². The van der Waals surface area contributed by atoms with Gasteiger partial charge in [-0.1, -0.05) is 6.92 Å². The molecule has 1 aliphatic heterocycles. The number of hydrogen-bond acceptors (Lipinski definition) is 3. The van der Waals surface area contributed by atoms with Gasteiger partial charge in [-0.3, -0.25) is 4.90 Å². The highest BCUT2D eigenvalue weighted by Crippen LogP contribution is 2.29. The third-order valence-corrected chi connectivity index (χ3v) is 4.53. The van der Waals surface area contributed by atoms with E-state index < -0.39 is 0 Å². The molecular formula is C14H20BrClN4. The van der Waals surface area contributed by atoms with Crippen molar-refractivity contribution in [1.82, 2.24) is 14.3 Å². The minimum Gasteiger partial charge on any atom is -0.330 e. The molecule has 1 aliphatic rings. The molecular weight excluding hydrogens is 340 g/mol. The zero-order chi connectivity index (χ0) is 13.5. The van der Waals surface area contributed by atoms with Crippen molar-refractivity contribution in [3.8, 4) is 0 Å². The van der Waals surface area contributed by atoms with Gasteiger partial charge in [-0.25, -0.2) is 4.98 Å². The number of nitrogens with zero attached hydrogens (tertiary/aromatic N) is 3. The van der Waals surface area contributed by atoms with Crippen LogP contribution in [0.15, 0.2) is 29.0 Å². The van der Waals surface area contributed by atoms with Crippen molar-refractivity contribution in [1.29, 1.82) is 0 Å². The van der Waals surface area contributed by atoms with Crippen molar-refractivity contribution in [2.45, 2.75) is 19.9 Å². The molecule has 110 valence electrons. The van der Waals surface area contributed by atoms with Crippen molar-refractivity contribution in [2.24, 2.45) is 11.1 Å². The van der Waals surface area contributed by atoms with Crippen LogP contribution in [0.5, 0.6) is 0 Å². The van der Waals surface area contributed by atoms with E-state index in [9.17, 15) is 0 Å². The van der Waals surface area contributed by atoms with Crippen LogP contribution in [0.3, 0.4) is 0 Å². The number of halogens is 2. The summed E-state index contributed by atoms with van der Waals surface area (Å²) in [4.78, 5) is 6.92. The first-order valence-electron chi connectivity index (χ1n) is 6.64. The van der Waals surface area contributed by atoms with Crippen LogP contribution in [0.25, 0.3) is 5.65 Å². The Labute approximate surface area is 133 Å². The number of nitrogens with two attached hydrogens (primary N) is 1. The van der Waals surface area contributed by atoms with E-state index in [0.717, 1.165) is 36.3 Å². The van der Waals surface area contributed by atoms with Gasteiger partial charge in [0.05, 0.1) is 11.9 Å². The monoisotopic (exact) mass is 358 g/mol. The number of aromatic nitrogens is 2. The summed E-state index contributed by atoms with van der Waals surface area (Å²) in [5, 5.41) is 0. The lowest BCUT2D eigenvalue weighted by atomic mass is 9.90. The van der Waals surface area contributed by atoms with Crippen molar-refractivity contribution in [2.75, 3.05) is 19.6 Å². The Morgan fingerprint density at radius 3 is 2.95 bits per heavy atom. The molecule has 0 radical (unpaired) electrons. The Balaban J connectivity index is 0.00000147. The summed E-state index contributed by atoms with van der Waals surface area (Å²) in [6.07, 6.45) is 5.24. The second-order valence-electron chi connectivity index (χ2n) is 5.80. The van der Waals surface area contributed by atoms with E-state index in [1.54, 1.807) is 0 Å². The van der Waals surface area contributed by atoms with Crippen LogP contribution in [0.4, 0.5) is 0 Å². The first-order chi connectivity index (χ1) is 9.09. The standard InChI is InChI=1S/C14H19BrN4.ClH/c1-14(9-16)4-5-18(10-14)8-12-6-17-13-3-2-11(15)7-19(12)13;/h2-3,6-7H,4-5,8-10,16H2,1H3;1H. The molecule has 0 amide bonds. The molecule has 0 bridgehead atoms. The summed E-state index contributed by atoms with van der Waals surface area (Å²) in [6.45, 7) is 6.17. The Kier molecular flexibility index (Phi) is 4.74. The lowest BCUT2D eigenvalue weighted by Crippen LogP contribution is -2.31. The molecule has 0 spiro atoms. The maximum atomic E-state index is 5.86. The normalized spacial score (nSPS) is 23.1. The summed E-state index contributed by atoms with van der Waals surface area (Å²) >= 11 is 3.51. The summed E-state index contributed by atoms with van der Waals surface area (Å²) in [5.74, 6) is 0. The fourth-order valence-corrected chi connectivity index (χ4v) is 3.12. The number of imidazole rings is 1.